The molecule has 0 aliphatic heterocycles. The van der Waals surface area contributed by atoms with E-state index in [1.165, 1.54) is 0 Å². The molecule has 4 nitrogen and oxygen atoms in total. The van der Waals surface area contributed by atoms with Crippen LogP contribution < -0.4 is 10.2 Å². The molecule has 23 heavy (non-hydrogen) atoms. The summed E-state index contributed by atoms with van der Waals surface area (Å²) < 4.78 is 0. The molecule has 2 rings (SSSR count). The number of carbonyl (C=O) groups excluding carboxylic acids is 2. The monoisotopic (exact) mass is 356 g/mol. The summed E-state index contributed by atoms with van der Waals surface area (Å²) in [7, 11) is 0. The number of hydrogen-bond donors (Lipinski definition) is 0. The van der Waals surface area contributed by atoms with Crippen molar-refractivity contribution in [3.05, 3.63) is 72.9 Å². The molecule has 0 spiro atoms. The van der Waals surface area contributed by atoms with Gasteiger partial charge >= 0.3 is 16.5 Å². The summed E-state index contributed by atoms with van der Waals surface area (Å²) in [6.07, 6.45) is 22.8. The molecule has 0 saturated heterocycles. The van der Waals surface area contributed by atoms with Crippen LogP contribution in [-0.2, 0) is 26.1 Å². The third-order valence-electron chi connectivity index (χ3n) is 2.99. The number of carboxylic acids is 2. The molecule has 2 unspecified atom stereocenters. The number of carbonyl (C=O) groups is 2. The largest absolute Gasteiger partial charge is 2.00 e. The Morgan fingerprint density at radius 2 is 1.17 bits per heavy atom. The number of carboxylic acid groups (broad SMARTS) is 2. The molecule has 0 aromatic carbocycles. The summed E-state index contributed by atoms with van der Waals surface area (Å²) in [5, 5.41) is 20.0. The second-order valence-electron chi connectivity index (χ2n) is 4.78. The van der Waals surface area contributed by atoms with Crippen molar-refractivity contribution < 1.29 is 36.3 Å². The van der Waals surface area contributed by atoms with Crippen LogP contribution in [0.15, 0.2) is 72.9 Å². The number of rotatable bonds is 4. The topological polar surface area (TPSA) is 80.3 Å². The maximum Gasteiger partial charge on any atom is 2.00 e. The molecule has 5 heteroatoms. The Balaban J connectivity index is 0.000000403. The van der Waals surface area contributed by atoms with Crippen molar-refractivity contribution in [3.8, 4) is 0 Å². The molecule has 124 valence electrons. The molecule has 0 radical (unpaired) electrons. The second kappa shape index (κ2) is 12.4. The number of hydrogen-bond acceptors (Lipinski definition) is 4. The third-order valence-corrected chi connectivity index (χ3v) is 2.99. The van der Waals surface area contributed by atoms with E-state index in [1.54, 1.807) is 12.2 Å². The van der Waals surface area contributed by atoms with Crippen LogP contribution in [0.5, 0.6) is 0 Å². The maximum absolute atomic E-state index is 10.0. The van der Waals surface area contributed by atoms with Crippen LogP contribution in [0, 0.1) is 11.8 Å². The van der Waals surface area contributed by atoms with Crippen LogP contribution >= 0.6 is 0 Å². The van der Waals surface area contributed by atoms with Crippen LogP contribution in [0.1, 0.15) is 12.8 Å². The van der Waals surface area contributed by atoms with Crippen LogP contribution in [0.3, 0.4) is 0 Å². The van der Waals surface area contributed by atoms with E-state index in [-0.39, 0.29) is 28.3 Å². The van der Waals surface area contributed by atoms with E-state index in [2.05, 4.69) is 0 Å². The molecular formula is C18H18NiO4. The van der Waals surface area contributed by atoms with E-state index < -0.39 is 11.9 Å². The van der Waals surface area contributed by atoms with Crippen molar-refractivity contribution in [1.29, 1.82) is 0 Å². The molecule has 2 aliphatic carbocycles. The molecule has 0 aromatic rings. The summed E-state index contributed by atoms with van der Waals surface area (Å²) in [5.41, 5.74) is 0. The Bertz CT molecular complexity index is 503. The Morgan fingerprint density at radius 1 is 0.783 bits per heavy atom. The molecule has 0 heterocycles. The van der Waals surface area contributed by atoms with E-state index in [0.717, 1.165) is 25.0 Å². The zero-order valence-electron chi connectivity index (χ0n) is 12.4. The number of aliphatic carboxylic acids is 2. The summed E-state index contributed by atoms with van der Waals surface area (Å²) in [5.74, 6) is -1.82. The standard InChI is InChI=1S/2C9H10O2.Ni/c2*10-9(11)7-6-8-4-2-1-3-5-8;/h2*1-4,6-8H,5H2,(H,10,11);/q;;+2/p-2. The normalized spacial score (nSPS) is 21.7. The average molecular weight is 357 g/mol. The van der Waals surface area contributed by atoms with E-state index in [0.29, 0.717) is 0 Å². The van der Waals surface area contributed by atoms with Crippen LogP contribution in [0.25, 0.3) is 0 Å². The van der Waals surface area contributed by atoms with Gasteiger partial charge in [0.15, 0.2) is 0 Å². The minimum Gasteiger partial charge on any atom is -0.545 e. The zero-order chi connectivity index (χ0) is 16.2. The van der Waals surface area contributed by atoms with E-state index in [1.807, 2.05) is 48.6 Å². The predicted molar refractivity (Wildman–Crippen MR) is 81.1 cm³/mol. The quantitative estimate of drug-likeness (QED) is 0.552. The van der Waals surface area contributed by atoms with Gasteiger partial charge in [0.25, 0.3) is 0 Å². The third kappa shape index (κ3) is 11.1. The van der Waals surface area contributed by atoms with Gasteiger partial charge in [-0.15, -0.1) is 0 Å². The second-order valence-corrected chi connectivity index (χ2v) is 4.78. The molecule has 0 bridgehead atoms. The van der Waals surface area contributed by atoms with Gasteiger partial charge < -0.3 is 19.8 Å². The van der Waals surface area contributed by atoms with E-state index >= 15 is 0 Å². The van der Waals surface area contributed by atoms with Crippen LogP contribution in [0.4, 0.5) is 0 Å². The SMILES string of the molecule is O=C([O-])C=CC1C=CC=CC1.O=C([O-])C=CC1C=CC=CC1.[Ni+2]. The molecule has 0 aromatic heterocycles. The van der Waals surface area contributed by atoms with Crippen molar-refractivity contribution in [2.75, 3.05) is 0 Å². The van der Waals surface area contributed by atoms with E-state index in [4.69, 9.17) is 0 Å². The van der Waals surface area contributed by atoms with Gasteiger partial charge in [0.1, 0.15) is 0 Å². The first-order chi connectivity index (χ1) is 10.6. The fourth-order valence-electron chi connectivity index (χ4n) is 1.89. The van der Waals surface area contributed by atoms with Crippen molar-refractivity contribution in [2.45, 2.75) is 12.8 Å². The van der Waals surface area contributed by atoms with Crippen molar-refractivity contribution in [1.82, 2.24) is 0 Å². The molecule has 2 aliphatic rings. The van der Waals surface area contributed by atoms with E-state index in [9.17, 15) is 19.8 Å². The maximum atomic E-state index is 10.0. The van der Waals surface area contributed by atoms with Crippen molar-refractivity contribution >= 4 is 11.9 Å². The van der Waals surface area contributed by atoms with Crippen LogP contribution in [0.2, 0.25) is 0 Å². The molecule has 0 amide bonds. The van der Waals surface area contributed by atoms with Gasteiger partial charge in [-0.2, -0.15) is 0 Å². The van der Waals surface area contributed by atoms with Gasteiger partial charge in [-0.05, 0) is 36.8 Å². The molecule has 0 fully saturated rings. The Hall–Kier alpha value is -2.13. The Labute approximate surface area is 146 Å². The summed E-state index contributed by atoms with van der Waals surface area (Å²) in [4.78, 5) is 20.0. The fourth-order valence-corrected chi connectivity index (χ4v) is 1.89. The zero-order valence-corrected chi connectivity index (χ0v) is 13.4. The summed E-state index contributed by atoms with van der Waals surface area (Å²) in [6.45, 7) is 0. The average Bonchev–Trinajstić information content (AvgIpc) is 2.53. The Kier molecular flexibility index (Phi) is 11.3. The summed E-state index contributed by atoms with van der Waals surface area (Å²) in [6, 6.07) is 0. The fraction of sp³-hybridized carbons (Fsp3) is 0.222. The first-order valence-electron chi connectivity index (χ1n) is 7.03. The van der Waals surface area contributed by atoms with Gasteiger partial charge in [0.2, 0.25) is 0 Å². The molecule has 2 atom stereocenters. The summed E-state index contributed by atoms with van der Waals surface area (Å²) >= 11 is 0. The predicted octanol–water partition coefficient (Wildman–Crippen LogP) is 0.847. The van der Waals surface area contributed by atoms with Crippen molar-refractivity contribution in [2.24, 2.45) is 11.8 Å². The minimum absolute atomic E-state index is 0. The number of allylic oxidation sites excluding steroid dienone is 10. The molecular weight excluding hydrogens is 339 g/mol. The van der Waals surface area contributed by atoms with Gasteiger partial charge in [-0.1, -0.05) is 60.8 Å². The van der Waals surface area contributed by atoms with Gasteiger partial charge in [0.05, 0.1) is 11.9 Å². The molecule has 0 saturated carbocycles. The first-order valence-corrected chi connectivity index (χ1v) is 7.03. The van der Waals surface area contributed by atoms with Gasteiger partial charge in [-0.3, -0.25) is 0 Å². The Morgan fingerprint density at radius 3 is 1.43 bits per heavy atom. The van der Waals surface area contributed by atoms with Gasteiger partial charge in [0, 0.05) is 0 Å². The van der Waals surface area contributed by atoms with Crippen molar-refractivity contribution in [3.63, 3.8) is 0 Å². The first kappa shape index (κ1) is 20.9. The van der Waals surface area contributed by atoms with Gasteiger partial charge in [-0.25, -0.2) is 0 Å². The smallest absolute Gasteiger partial charge is 0.545 e. The van der Waals surface area contributed by atoms with Crippen LogP contribution in [-0.4, -0.2) is 11.9 Å². The minimum atomic E-state index is -1.13. The molecule has 0 N–H and O–H groups in total.